The molecule has 0 unspecified atom stereocenters. The lowest BCUT2D eigenvalue weighted by Gasteiger charge is -2.08. The van der Waals surface area contributed by atoms with E-state index in [2.05, 4.69) is 15.3 Å². The van der Waals surface area contributed by atoms with Gasteiger partial charge in [-0.25, -0.2) is 14.8 Å². The van der Waals surface area contributed by atoms with Crippen LogP contribution in [0, 0.1) is 0 Å². The minimum Gasteiger partial charge on any atom is -0.346 e. The molecule has 0 fully saturated rings. The first-order valence-electron chi connectivity index (χ1n) is 7.71. The number of nitrogens with zero attached hydrogens (tertiary/aromatic N) is 5. The van der Waals surface area contributed by atoms with E-state index in [9.17, 15) is 14.4 Å². The van der Waals surface area contributed by atoms with Crippen LogP contribution in [0.25, 0.3) is 16.0 Å². The highest BCUT2D eigenvalue weighted by atomic mass is 32.1. The maximum Gasteiger partial charge on any atom is 0.332 e. The molecule has 0 atom stereocenters. The maximum atomic E-state index is 12.4. The highest BCUT2D eigenvalue weighted by molar-refractivity contribution is 7.15. The summed E-state index contributed by atoms with van der Waals surface area (Å²) in [5.74, 6) is -0.369. The summed E-state index contributed by atoms with van der Waals surface area (Å²) >= 11 is 1.51. The number of aryl methyl sites for hydroxylation is 1. The third kappa shape index (κ3) is 2.51. The maximum absolute atomic E-state index is 12.4. The Hall–Kier alpha value is -3.27. The molecule has 4 rings (SSSR count). The van der Waals surface area contributed by atoms with E-state index in [1.807, 2.05) is 22.2 Å². The van der Waals surface area contributed by atoms with Gasteiger partial charge in [0.1, 0.15) is 5.65 Å². The average molecular weight is 370 g/mol. The van der Waals surface area contributed by atoms with Gasteiger partial charge in [0.05, 0.1) is 23.2 Å². The van der Waals surface area contributed by atoms with Gasteiger partial charge in [-0.15, -0.1) is 11.3 Å². The van der Waals surface area contributed by atoms with Crippen LogP contribution in [0.2, 0.25) is 0 Å². The Morgan fingerprint density at radius 1 is 1.27 bits per heavy atom. The smallest absolute Gasteiger partial charge is 0.332 e. The molecule has 4 aromatic rings. The lowest BCUT2D eigenvalue weighted by atomic mass is 10.2. The van der Waals surface area contributed by atoms with E-state index >= 15 is 0 Å². The fourth-order valence-corrected chi connectivity index (χ4v) is 3.44. The topological polar surface area (TPSA) is 103 Å². The first-order chi connectivity index (χ1) is 12.5. The van der Waals surface area contributed by atoms with Crippen LogP contribution >= 0.6 is 11.3 Å². The monoisotopic (exact) mass is 370 g/mol. The number of thiazole rings is 1. The van der Waals surface area contributed by atoms with Crippen molar-refractivity contribution < 1.29 is 4.79 Å². The van der Waals surface area contributed by atoms with Gasteiger partial charge in [0.25, 0.3) is 11.5 Å². The van der Waals surface area contributed by atoms with Crippen molar-refractivity contribution in [3.05, 3.63) is 62.1 Å². The molecule has 0 spiro atoms. The Kier molecular flexibility index (Phi) is 3.69. The molecule has 9 nitrogen and oxygen atoms in total. The summed E-state index contributed by atoms with van der Waals surface area (Å²) in [6.07, 6.45) is 5.09. The van der Waals surface area contributed by atoms with Crippen molar-refractivity contribution in [2.75, 3.05) is 0 Å². The molecule has 132 valence electrons. The van der Waals surface area contributed by atoms with E-state index in [4.69, 9.17) is 0 Å². The third-order valence-corrected chi connectivity index (χ3v) is 4.90. The zero-order chi connectivity index (χ0) is 18.4. The molecule has 0 aliphatic heterocycles. The van der Waals surface area contributed by atoms with E-state index in [0.717, 1.165) is 15.2 Å². The van der Waals surface area contributed by atoms with Crippen molar-refractivity contribution in [3.8, 4) is 0 Å². The number of pyridine rings is 1. The lowest BCUT2D eigenvalue weighted by Crippen LogP contribution is -2.37. The standard InChI is InChI=1S/C16H14N6O3S/c1-20-12-11(14(24)21(2)16(20)25)5-9(6-17-12)13(23)18-7-10-8-22-3-4-26-15(22)19-10/h3-6,8H,7H2,1-2H3,(H,18,23). The van der Waals surface area contributed by atoms with Gasteiger partial charge in [-0.1, -0.05) is 0 Å². The fraction of sp³-hybridized carbons (Fsp3) is 0.188. The molecule has 0 aromatic carbocycles. The second-order valence-electron chi connectivity index (χ2n) is 5.81. The quantitative estimate of drug-likeness (QED) is 0.558. The van der Waals surface area contributed by atoms with Crippen LogP contribution in [0.1, 0.15) is 16.1 Å². The molecule has 4 heterocycles. The third-order valence-electron chi connectivity index (χ3n) is 4.13. The van der Waals surface area contributed by atoms with Crippen LogP contribution < -0.4 is 16.6 Å². The number of carbonyl (C=O) groups excluding carboxylic acids is 1. The number of fused-ring (bicyclic) bond motifs is 2. The Morgan fingerprint density at radius 3 is 2.85 bits per heavy atom. The number of hydrogen-bond donors (Lipinski definition) is 1. The number of imidazole rings is 1. The lowest BCUT2D eigenvalue weighted by molar-refractivity contribution is 0.0950. The Bertz CT molecular complexity index is 1250. The fourth-order valence-electron chi connectivity index (χ4n) is 2.72. The van der Waals surface area contributed by atoms with Gasteiger partial charge in [-0.2, -0.15) is 0 Å². The van der Waals surface area contributed by atoms with Crippen molar-refractivity contribution in [1.29, 1.82) is 0 Å². The normalized spacial score (nSPS) is 11.3. The van der Waals surface area contributed by atoms with Crippen LogP contribution in [0.5, 0.6) is 0 Å². The van der Waals surface area contributed by atoms with Crippen molar-refractivity contribution in [1.82, 2.24) is 28.8 Å². The Labute approximate surface area is 150 Å². The van der Waals surface area contributed by atoms with Crippen LogP contribution in [0.3, 0.4) is 0 Å². The highest BCUT2D eigenvalue weighted by Crippen LogP contribution is 2.12. The van der Waals surface area contributed by atoms with Gasteiger partial charge in [0, 0.05) is 38.1 Å². The molecule has 1 amide bonds. The second-order valence-corrected chi connectivity index (χ2v) is 6.68. The predicted octanol–water partition coefficient (Wildman–Crippen LogP) is 0.271. The van der Waals surface area contributed by atoms with Crippen molar-refractivity contribution in [2.24, 2.45) is 14.1 Å². The van der Waals surface area contributed by atoms with Crippen LogP contribution in [-0.2, 0) is 20.6 Å². The molecule has 26 heavy (non-hydrogen) atoms. The van der Waals surface area contributed by atoms with Gasteiger partial charge in [0.2, 0.25) is 0 Å². The minimum absolute atomic E-state index is 0.213. The van der Waals surface area contributed by atoms with E-state index in [-0.39, 0.29) is 29.0 Å². The summed E-state index contributed by atoms with van der Waals surface area (Å²) < 4.78 is 4.15. The summed E-state index contributed by atoms with van der Waals surface area (Å²) in [4.78, 5) is 46.0. The number of nitrogens with one attached hydrogen (secondary N) is 1. The molecule has 1 N–H and O–H groups in total. The van der Waals surface area contributed by atoms with E-state index in [0.29, 0.717) is 0 Å². The molecule has 4 aromatic heterocycles. The zero-order valence-corrected chi connectivity index (χ0v) is 14.8. The summed E-state index contributed by atoms with van der Waals surface area (Å²) in [6, 6.07) is 1.45. The van der Waals surface area contributed by atoms with Gasteiger partial charge in [-0.05, 0) is 6.07 Å². The molecule has 0 saturated heterocycles. The molecule has 0 bridgehead atoms. The van der Waals surface area contributed by atoms with Gasteiger partial charge < -0.3 is 5.32 Å². The van der Waals surface area contributed by atoms with Crippen LogP contribution in [-0.4, -0.2) is 29.4 Å². The van der Waals surface area contributed by atoms with Gasteiger partial charge in [-0.3, -0.25) is 23.1 Å². The van der Waals surface area contributed by atoms with Crippen molar-refractivity contribution in [2.45, 2.75) is 6.54 Å². The highest BCUT2D eigenvalue weighted by Gasteiger charge is 2.14. The first-order valence-corrected chi connectivity index (χ1v) is 8.58. The number of carbonyl (C=O) groups is 1. The van der Waals surface area contributed by atoms with Gasteiger partial charge >= 0.3 is 5.69 Å². The van der Waals surface area contributed by atoms with Crippen molar-refractivity contribution in [3.63, 3.8) is 0 Å². The molecule has 0 aliphatic rings. The Balaban J connectivity index is 1.63. The van der Waals surface area contributed by atoms with Crippen LogP contribution in [0.4, 0.5) is 0 Å². The molecule has 10 heteroatoms. The molecular weight excluding hydrogens is 356 g/mol. The molecule has 0 aliphatic carbocycles. The number of hydrogen-bond acceptors (Lipinski definition) is 6. The second kappa shape index (κ2) is 5.92. The number of rotatable bonds is 3. The number of amides is 1. The largest absolute Gasteiger partial charge is 0.346 e. The van der Waals surface area contributed by atoms with E-state index < -0.39 is 11.2 Å². The number of aromatic nitrogens is 5. The summed E-state index contributed by atoms with van der Waals surface area (Å²) in [5, 5.41) is 4.91. The minimum atomic E-state index is -0.486. The average Bonchev–Trinajstić information content (AvgIpc) is 3.23. The molecular formula is C16H14N6O3S. The predicted molar refractivity (Wildman–Crippen MR) is 96.5 cm³/mol. The molecule has 0 saturated carbocycles. The Morgan fingerprint density at radius 2 is 2.08 bits per heavy atom. The zero-order valence-electron chi connectivity index (χ0n) is 14.0. The van der Waals surface area contributed by atoms with Crippen LogP contribution in [0.15, 0.2) is 39.6 Å². The molecule has 0 radical (unpaired) electrons. The van der Waals surface area contributed by atoms with E-state index in [1.165, 1.54) is 42.3 Å². The SMILES string of the molecule is Cn1c(=O)c2cc(C(=O)NCc3cn4ccsc4n3)cnc2n(C)c1=O. The summed E-state index contributed by atoms with van der Waals surface area (Å²) in [6.45, 7) is 0.260. The first kappa shape index (κ1) is 16.2. The summed E-state index contributed by atoms with van der Waals surface area (Å²) in [7, 11) is 2.92. The van der Waals surface area contributed by atoms with E-state index in [1.54, 1.807) is 0 Å². The van der Waals surface area contributed by atoms with Gasteiger partial charge in [0.15, 0.2) is 4.96 Å². The summed E-state index contributed by atoms with van der Waals surface area (Å²) in [5.41, 5.74) is 0.266. The van der Waals surface area contributed by atoms with Crippen molar-refractivity contribution >= 4 is 33.2 Å².